The molecule has 4 amide bonds. The van der Waals surface area contributed by atoms with Crippen LogP contribution in [0.2, 0.25) is 0 Å². The van der Waals surface area contributed by atoms with E-state index in [0.717, 1.165) is 56.2 Å². The third kappa shape index (κ3) is 4.52. The van der Waals surface area contributed by atoms with E-state index in [1.807, 2.05) is 6.07 Å². The zero-order valence-electron chi connectivity index (χ0n) is 17.8. The fourth-order valence-electron chi connectivity index (χ4n) is 4.55. The summed E-state index contributed by atoms with van der Waals surface area (Å²) < 4.78 is 0. The van der Waals surface area contributed by atoms with Gasteiger partial charge in [-0.05, 0) is 50.4 Å². The van der Waals surface area contributed by atoms with Crippen LogP contribution in [0.25, 0.3) is 0 Å². The molecule has 1 aromatic rings. The summed E-state index contributed by atoms with van der Waals surface area (Å²) in [5, 5.41) is 20.0. The van der Waals surface area contributed by atoms with Crippen molar-refractivity contribution >= 4 is 29.3 Å². The molecule has 0 radical (unpaired) electrons. The van der Waals surface area contributed by atoms with Gasteiger partial charge in [-0.25, -0.2) is 0 Å². The first-order chi connectivity index (χ1) is 15.3. The second-order valence-electron chi connectivity index (χ2n) is 8.48. The topological polar surface area (TPSA) is 130 Å². The number of carbonyl (C=O) groups is 4. The molecule has 10 heteroatoms. The lowest BCUT2D eigenvalue weighted by Gasteiger charge is -2.36. The van der Waals surface area contributed by atoms with Crippen LogP contribution in [-0.2, 0) is 9.59 Å². The van der Waals surface area contributed by atoms with E-state index in [9.17, 15) is 19.2 Å². The number of imide groups is 2. The average Bonchev–Trinajstić information content (AvgIpc) is 3.01. The maximum atomic E-state index is 13.0. The average molecular weight is 444 g/mol. The smallest absolute Gasteiger partial charge is 0.262 e. The number of fused-ring (bicyclic) bond motifs is 1. The second-order valence-corrected chi connectivity index (χ2v) is 8.48. The van der Waals surface area contributed by atoms with Gasteiger partial charge in [0.05, 0.1) is 11.1 Å². The summed E-state index contributed by atoms with van der Waals surface area (Å²) in [7, 11) is 0. The minimum Gasteiger partial charge on any atom is -0.369 e. The van der Waals surface area contributed by atoms with Gasteiger partial charge < -0.3 is 15.1 Å². The lowest BCUT2D eigenvalue weighted by Crippen LogP contribution is -2.54. The minimum atomic E-state index is -1.24. The van der Waals surface area contributed by atoms with E-state index in [2.05, 4.69) is 15.1 Å². The maximum absolute atomic E-state index is 13.0. The molecule has 1 aromatic carbocycles. The standard InChI is InChI=1S/C22H28N4O6/c27-18-7-6-17(20(30)23-18)26-21(31)15-5-4-14(13-16(15)22(26)32)25-11-9-24(10-12-25)8-2-1-3-19(28)29/h4-5,13,17,19,28-29H,1-3,6-12H2,(H,23,27,30). The van der Waals surface area contributed by atoms with Crippen LogP contribution >= 0.6 is 0 Å². The Kier molecular flexibility index (Phi) is 6.54. The molecule has 10 nitrogen and oxygen atoms in total. The van der Waals surface area contributed by atoms with E-state index in [-0.39, 0.29) is 18.4 Å². The number of amides is 4. The number of unbranched alkanes of at least 4 members (excludes halogenated alkanes) is 1. The molecule has 0 aliphatic carbocycles. The molecule has 3 aliphatic heterocycles. The summed E-state index contributed by atoms with van der Waals surface area (Å²) >= 11 is 0. The molecule has 2 saturated heterocycles. The number of aliphatic hydroxyl groups excluding tert-OH is 1. The Balaban J connectivity index is 1.38. The molecule has 32 heavy (non-hydrogen) atoms. The molecular formula is C22H28N4O6. The van der Waals surface area contributed by atoms with Crippen LogP contribution in [0, 0.1) is 0 Å². The lowest BCUT2D eigenvalue weighted by atomic mass is 10.0. The van der Waals surface area contributed by atoms with Crippen LogP contribution in [0.1, 0.15) is 52.8 Å². The number of nitrogens with one attached hydrogen (secondary N) is 1. The number of aliphatic hydroxyl groups is 2. The third-order valence-corrected chi connectivity index (χ3v) is 6.35. The summed E-state index contributed by atoms with van der Waals surface area (Å²) in [4.78, 5) is 54.9. The zero-order valence-corrected chi connectivity index (χ0v) is 17.8. The Morgan fingerprint density at radius 2 is 1.69 bits per heavy atom. The van der Waals surface area contributed by atoms with Crippen molar-refractivity contribution < 1.29 is 29.4 Å². The Labute approximate surface area is 185 Å². The van der Waals surface area contributed by atoms with Gasteiger partial charge in [-0.1, -0.05) is 0 Å². The molecular weight excluding hydrogens is 416 g/mol. The Morgan fingerprint density at radius 3 is 2.38 bits per heavy atom. The van der Waals surface area contributed by atoms with Gasteiger partial charge >= 0.3 is 0 Å². The molecule has 3 heterocycles. The summed E-state index contributed by atoms with van der Waals surface area (Å²) in [6.45, 7) is 4.17. The van der Waals surface area contributed by atoms with Crippen molar-refractivity contribution in [1.82, 2.24) is 15.1 Å². The molecule has 0 aromatic heterocycles. The van der Waals surface area contributed by atoms with Crippen molar-refractivity contribution in [2.45, 2.75) is 44.4 Å². The largest absolute Gasteiger partial charge is 0.369 e. The highest BCUT2D eigenvalue weighted by Crippen LogP contribution is 2.31. The van der Waals surface area contributed by atoms with Crippen LogP contribution in [0.4, 0.5) is 5.69 Å². The van der Waals surface area contributed by atoms with E-state index >= 15 is 0 Å². The summed E-state index contributed by atoms with van der Waals surface area (Å²) in [5.74, 6) is -1.99. The quantitative estimate of drug-likeness (QED) is 0.297. The number of carbonyl (C=O) groups excluding carboxylic acids is 4. The number of hydrogen-bond acceptors (Lipinski definition) is 8. The van der Waals surface area contributed by atoms with Gasteiger partial charge in [0, 0.05) is 38.3 Å². The highest BCUT2D eigenvalue weighted by molar-refractivity contribution is 6.23. The molecule has 1 unspecified atom stereocenters. The maximum Gasteiger partial charge on any atom is 0.262 e. The van der Waals surface area contributed by atoms with Crippen molar-refractivity contribution in [2.75, 3.05) is 37.6 Å². The minimum absolute atomic E-state index is 0.0971. The van der Waals surface area contributed by atoms with Gasteiger partial charge in [0.2, 0.25) is 11.8 Å². The van der Waals surface area contributed by atoms with Gasteiger partial charge in [-0.15, -0.1) is 0 Å². The number of nitrogens with zero attached hydrogens (tertiary/aromatic N) is 3. The second kappa shape index (κ2) is 9.35. The van der Waals surface area contributed by atoms with Crippen molar-refractivity contribution in [1.29, 1.82) is 0 Å². The molecule has 0 spiro atoms. The molecule has 0 saturated carbocycles. The highest BCUT2D eigenvalue weighted by Gasteiger charge is 2.44. The van der Waals surface area contributed by atoms with Gasteiger partial charge in [-0.2, -0.15) is 0 Å². The Hall–Kier alpha value is -2.82. The van der Waals surface area contributed by atoms with Gasteiger partial charge in [-0.3, -0.25) is 34.3 Å². The first kappa shape index (κ1) is 22.4. The third-order valence-electron chi connectivity index (χ3n) is 6.35. The fourth-order valence-corrected chi connectivity index (χ4v) is 4.55. The van der Waals surface area contributed by atoms with Crippen LogP contribution in [0.3, 0.4) is 0 Å². The molecule has 3 aliphatic rings. The molecule has 3 N–H and O–H groups in total. The molecule has 1 atom stereocenters. The van der Waals surface area contributed by atoms with E-state index in [1.54, 1.807) is 12.1 Å². The first-order valence-corrected chi connectivity index (χ1v) is 11.0. The number of piperazine rings is 1. The predicted molar refractivity (Wildman–Crippen MR) is 114 cm³/mol. The molecule has 172 valence electrons. The number of rotatable bonds is 7. The van der Waals surface area contributed by atoms with E-state index in [0.29, 0.717) is 12.0 Å². The monoisotopic (exact) mass is 444 g/mol. The predicted octanol–water partition coefficient (Wildman–Crippen LogP) is -0.309. The number of hydrogen-bond donors (Lipinski definition) is 3. The van der Waals surface area contributed by atoms with E-state index < -0.39 is 36.0 Å². The highest BCUT2D eigenvalue weighted by atomic mass is 16.5. The van der Waals surface area contributed by atoms with Gasteiger partial charge in [0.25, 0.3) is 11.8 Å². The molecule has 0 bridgehead atoms. The SMILES string of the molecule is O=C1CCC(N2C(=O)c3ccc(N4CCN(CCCCC(O)O)CC4)cc3C2=O)C(=O)N1. The number of benzene rings is 1. The lowest BCUT2D eigenvalue weighted by molar-refractivity contribution is -0.136. The zero-order chi connectivity index (χ0) is 22.8. The first-order valence-electron chi connectivity index (χ1n) is 11.0. The van der Waals surface area contributed by atoms with Crippen LogP contribution in [0.15, 0.2) is 18.2 Å². The normalized spacial score (nSPS) is 22.0. The molecule has 4 rings (SSSR count). The van der Waals surface area contributed by atoms with Crippen molar-refractivity contribution in [2.24, 2.45) is 0 Å². The number of piperidine rings is 1. The van der Waals surface area contributed by atoms with Crippen molar-refractivity contribution in [3.8, 4) is 0 Å². The van der Waals surface area contributed by atoms with Crippen molar-refractivity contribution in [3.05, 3.63) is 29.3 Å². The van der Waals surface area contributed by atoms with Gasteiger partial charge in [0.1, 0.15) is 6.04 Å². The van der Waals surface area contributed by atoms with Crippen LogP contribution < -0.4 is 10.2 Å². The molecule has 2 fully saturated rings. The Morgan fingerprint density at radius 1 is 0.969 bits per heavy atom. The van der Waals surface area contributed by atoms with Crippen LogP contribution in [0.5, 0.6) is 0 Å². The van der Waals surface area contributed by atoms with Crippen molar-refractivity contribution in [3.63, 3.8) is 0 Å². The van der Waals surface area contributed by atoms with Gasteiger partial charge in [0.15, 0.2) is 6.29 Å². The Bertz CT molecular complexity index is 925. The van der Waals surface area contributed by atoms with E-state index in [4.69, 9.17) is 10.2 Å². The summed E-state index contributed by atoms with van der Waals surface area (Å²) in [6, 6.07) is 4.23. The fraction of sp³-hybridized carbons (Fsp3) is 0.545. The van der Waals surface area contributed by atoms with Crippen LogP contribution in [-0.4, -0.2) is 88.7 Å². The van der Waals surface area contributed by atoms with E-state index in [1.165, 1.54) is 0 Å². The summed E-state index contributed by atoms with van der Waals surface area (Å²) in [5.41, 5.74) is 1.44. The summed E-state index contributed by atoms with van der Waals surface area (Å²) in [6.07, 6.45) is 1.05. The number of anilines is 1.